The van der Waals surface area contributed by atoms with Crippen LogP contribution in [0.25, 0.3) is 4.96 Å². The minimum absolute atomic E-state index is 0.0383. The number of rotatable bonds is 3. The molecule has 10 heteroatoms. The van der Waals surface area contributed by atoms with E-state index in [1.165, 1.54) is 10.8 Å². The van der Waals surface area contributed by atoms with Gasteiger partial charge in [0.25, 0.3) is 5.91 Å². The van der Waals surface area contributed by atoms with Gasteiger partial charge >= 0.3 is 0 Å². The average Bonchev–Trinajstić information content (AvgIpc) is 3.03. The Kier molecular flexibility index (Phi) is 3.21. The van der Waals surface area contributed by atoms with Gasteiger partial charge in [-0.15, -0.1) is 15.3 Å². The summed E-state index contributed by atoms with van der Waals surface area (Å²) in [5, 5.41) is 11.9. The van der Waals surface area contributed by atoms with Crippen LogP contribution in [0.1, 0.15) is 23.1 Å². The van der Waals surface area contributed by atoms with E-state index in [1.54, 1.807) is 4.90 Å². The van der Waals surface area contributed by atoms with E-state index in [2.05, 4.69) is 15.3 Å². The van der Waals surface area contributed by atoms with Gasteiger partial charge in [0.15, 0.2) is 9.84 Å². The van der Waals surface area contributed by atoms with E-state index in [-0.39, 0.29) is 23.5 Å². The van der Waals surface area contributed by atoms with Gasteiger partial charge in [0.05, 0.1) is 11.5 Å². The van der Waals surface area contributed by atoms with E-state index >= 15 is 0 Å². The Bertz CT molecular complexity index is 721. The van der Waals surface area contributed by atoms with Gasteiger partial charge in [0, 0.05) is 12.6 Å². The Morgan fingerprint density at radius 2 is 2.40 bits per heavy atom. The maximum absolute atomic E-state index is 12.5. The van der Waals surface area contributed by atoms with Crippen molar-refractivity contribution in [1.82, 2.24) is 24.7 Å². The monoisotopic (exact) mass is 315 g/mol. The molecule has 0 aromatic carbocycles. The van der Waals surface area contributed by atoms with Gasteiger partial charge in [0.1, 0.15) is 6.33 Å². The summed E-state index contributed by atoms with van der Waals surface area (Å²) >= 11 is 1.15. The normalized spacial score (nSPS) is 21.4. The van der Waals surface area contributed by atoms with Crippen molar-refractivity contribution in [2.24, 2.45) is 0 Å². The predicted molar refractivity (Wildman–Crippen MR) is 72.4 cm³/mol. The molecule has 1 fully saturated rings. The number of carbonyl (C=O) groups is 1. The predicted octanol–water partition coefficient (Wildman–Crippen LogP) is -0.165. The number of sulfone groups is 1. The number of carbonyl (C=O) groups excluding carboxylic acids is 1. The SMILES string of the molecule is CCN(C(=O)c1nn2cnnc2s1)C1CCS(=O)(=O)C1. The van der Waals surface area contributed by atoms with Crippen molar-refractivity contribution in [3.05, 3.63) is 11.3 Å². The summed E-state index contributed by atoms with van der Waals surface area (Å²) in [6.45, 7) is 2.29. The third-order valence-electron chi connectivity index (χ3n) is 3.32. The second kappa shape index (κ2) is 4.77. The quantitative estimate of drug-likeness (QED) is 0.780. The van der Waals surface area contributed by atoms with Crippen LogP contribution in [-0.2, 0) is 9.84 Å². The van der Waals surface area contributed by atoms with Gasteiger partial charge in [-0.3, -0.25) is 4.79 Å². The molecule has 0 N–H and O–H groups in total. The van der Waals surface area contributed by atoms with Crippen molar-refractivity contribution in [2.45, 2.75) is 19.4 Å². The van der Waals surface area contributed by atoms with Gasteiger partial charge in [-0.2, -0.15) is 4.52 Å². The molecule has 0 spiro atoms. The maximum atomic E-state index is 12.5. The van der Waals surface area contributed by atoms with Crippen LogP contribution in [0.3, 0.4) is 0 Å². The minimum Gasteiger partial charge on any atom is -0.333 e. The van der Waals surface area contributed by atoms with E-state index in [4.69, 9.17) is 0 Å². The van der Waals surface area contributed by atoms with Crippen molar-refractivity contribution in [3.63, 3.8) is 0 Å². The molecule has 3 heterocycles. The molecule has 0 aliphatic carbocycles. The number of hydrogen-bond acceptors (Lipinski definition) is 7. The Hall–Kier alpha value is -1.55. The van der Waals surface area contributed by atoms with Gasteiger partial charge in [-0.25, -0.2) is 8.42 Å². The molecule has 2 aromatic rings. The maximum Gasteiger partial charge on any atom is 0.285 e. The fourth-order valence-electron chi connectivity index (χ4n) is 2.36. The van der Waals surface area contributed by atoms with Gasteiger partial charge in [-0.1, -0.05) is 11.3 Å². The van der Waals surface area contributed by atoms with Crippen molar-refractivity contribution in [2.75, 3.05) is 18.1 Å². The first-order valence-corrected chi connectivity index (χ1v) is 8.82. The van der Waals surface area contributed by atoms with Crippen LogP contribution in [0, 0.1) is 0 Å². The number of aromatic nitrogens is 4. The lowest BCUT2D eigenvalue weighted by Gasteiger charge is -2.25. The lowest BCUT2D eigenvalue weighted by molar-refractivity contribution is 0.0706. The Morgan fingerprint density at radius 1 is 1.60 bits per heavy atom. The van der Waals surface area contributed by atoms with Crippen molar-refractivity contribution < 1.29 is 13.2 Å². The molecule has 2 aromatic heterocycles. The Balaban J connectivity index is 1.85. The standard InChI is InChI=1S/C10H13N5O3S2/c1-2-14(7-3-4-20(17,18)5-7)9(16)8-13-15-6-11-12-10(15)19-8/h6-7H,2-5H2,1H3. The summed E-state index contributed by atoms with van der Waals surface area (Å²) in [4.78, 5) is 14.6. The summed E-state index contributed by atoms with van der Waals surface area (Å²) in [6, 6.07) is -0.258. The van der Waals surface area contributed by atoms with E-state index in [0.717, 1.165) is 11.3 Å². The number of amides is 1. The highest BCUT2D eigenvalue weighted by atomic mass is 32.2. The fourth-order valence-corrected chi connectivity index (χ4v) is 4.86. The molecular weight excluding hydrogens is 302 g/mol. The third kappa shape index (κ3) is 2.29. The van der Waals surface area contributed by atoms with Crippen LogP contribution < -0.4 is 0 Å². The van der Waals surface area contributed by atoms with Crippen molar-refractivity contribution >= 4 is 32.0 Å². The second-order valence-electron chi connectivity index (χ2n) is 4.61. The molecule has 1 saturated heterocycles. The molecule has 8 nitrogen and oxygen atoms in total. The molecule has 0 saturated carbocycles. The lowest BCUT2D eigenvalue weighted by atomic mass is 10.2. The molecule has 20 heavy (non-hydrogen) atoms. The second-order valence-corrected chi connectivity index (χ2v) is 7.80. The summed E-state index contributed by atoms with van der Waals surface area (Å²) in [6.07, 6.45) is 1.92. The van der Waals surface area contributed by atoms with E-state index in [9.17, 15) is 13.2 Å². The third-order valence-corrected chi connectivity index (χ3v) is 5.97. The van der Waals surface area contributed by atoms with Gasteiger partial charge in [-0.05, 0) is 13.3 Å². The van der Waals surface area contributed by atoms with Crippen LogP contribution in [0.4, 0.5) is 0 Å². The van der Waals surface area contributed by atoms with E-state index in [0.29, 0.717) is 22.9 Å². The molecule has 3 rings (SSSR count). The first-order valence-electron chi connectivity index (χ1n) is 6.18. The van der Waals surface area contributed by atoms with Crippen LogP contribution in [0.2, 0.25) is 0 Å². The first-order chi connectivity index (χ1) is 9.50. The van der Waals surface area contributed by atoms with Gasteiger partial charge < -0.3 is 4.90 Å². The van der Waals surface area contributed by atoms with Crippen LogP contribution in [0.15, 0.2) is 6.33 Å². The summed E-state index contributed by atoms with van der Waals surface area (Å²) in [5.41, 5.74) is 0. The summed E-state index contributed by atoms with van der Waals surface area (Å²) in [7, 11) is -3.02. The molecule has 108 valence electrons. The van der Waals surface area contributed by atoms with Crippen LogP contribution in [-0.4, -0.2) is 63.1 Å². The zero-order valence-electron chi connectivity index (χ0n) is 10.8. The van der Waals surface area contributed by atoms with Crippen molar-refractivity contribution in [3.8, 4) is 0 Å². The molecule has 0 radical (unpaired) electrons. The fraction of sp³-hybridized carbons (Fsp3) is 0.600. The summed E-state index contributed by atoms with van der Waals surface area (Å²) in [5.74, 6) is -0.0615. The van der Waals surface area contributed by atoms with Crippen LogP contribution >= 0.6 is 11.3 Å². The molecule has 1 amide bonds. The number of hydrogen-bond donors (Lipinski definition) is 0. The average molecular weight is 315 g/mol. The topological polar surface area (TPSA) is 97.5 Å². The highest BCUT2D eigenvalue weighted by Gasteiger charge is 2.35. The highest BCUT2D eigenvalue weighted by Crippen LogP contribution is 2.21. The minimum atomic E-state index is -3.02. The number of nitrogens with zero attached hydrogens (tertiary/aromatic N) is 5. The molecular formula is C10H13N5O3S2. The van der Waals surface area contributed by atoms with Crippen LogP contribution in [0.5, 0.6) is 0 Å². The molecule has 1 atom stereocenters. The summed E-state index contributed by atoms with van der Waals surface area (Å²) < 4.78 is 24.5. The molecule has 1 aliphatic rings. The number of fused-ring (bicyclic) bond motifs is 1. The zero-order chi connectivity index (χ0) is 14.3. The lowest BCUT2D eigenvalue weighted by Crippen LogP contribution is -2.41. The van der Waals surface area contributed by atoms with Crippen molar-refractivity contribution in [1.29, 1.82) is 0 Å². The van der Waals surface area contributed by atoms with E-state index in [1.807, 2.05) is 6.92 Å². The first kappa shape index (κ1) is 13.4. The Morgan fingerprint density at radius 3 is 3.00 bits per heavy atom. The zero-order valence-corrected chi connectivity index (χ0v) is 12.4. The molecule has 0 bridgehead atoms. The largest absolute Gasteiger partial charge is 0.333 e. The van der Waals surface area contributed by atoms with Gasteiger partial charge in [0.2, 0.25) is 9.97 Å². The molecule has 1 aliphatic heterocycles. The smallest absolute Gasteiger partial charge is 0.285 e. The highest BCUT2D eigenvalue weighted by molar-refractivity contribution is 7.91. The van der Waals surface area contributed by atoms with E-state index < -0.39 is 9.84 Å². The Labute approximate surface area is 119 Å². The molecule has 1 unspecified atom stereocenters.